The second-order valence-corrected chi connectivity index (χ2v) is 16.7. The van der Waals surface area contributed by atoms with Crippen LogP contribution in [0.2, 0.25) is 0 Å². The largest absolute Gasteiger partial charge is 0.307 e. The minimum atomic E-state index is -0.649. The first kappa shape index (κ1) is 41.5. The van der Waals surface area contributed by atoms with Crippen LogP contribution in [0.1, 0.15) is 27.8 Å². The topological polar surface area (TPSA) is 34.6 Å². The summed E-state index contributed by atoms with van der Waals surface area (Å²) in [6, 6.07) is 47.2. The molecule has 0 aliphatic heterocycles. The van der Waals surface area contributed by atoms with Crippen LogP contribution in [-0.4, -0.2) is 0 Å². The Morgan fingerprint density at radius 3 is 1.24 bits per heavy atom. The fourth-order valence-corrected chi connectivity index (χ4v) is 9.61. The summed E-state index contributed by atoms with van der Waals surface area (Å²) in [5.41, 5.74) is 7.67. The highest BCUT2D eigenvalue weighted by atomic mass is 19.1. The van der Waals surface area contributed by atoms with Gasteiger partial charge in [0, 0.05) is 45.4 Å². The molecule has 0 aliphatic carbocycles. The van der Waals surface area contributed by atoms with Gasteiger partial charge in [0.2, 0.25) is 0 Å². The highest BCUT2D eigenvalue weighted by Crippen LogP contribution is 2.49. The van der Waals surface area contributed by atoms with Crippen molar-refractivity contribution in [2.24, 2.45) is 0 Å². The van der Waals surface area contributed by atoms with Crippen molar-refractivity contribution >= 4 is 72.1 Å². The molecule has 0 N–H and O–H groups in total. The first-order valence-corrected chi connectivity index (χ1v) is 21.4. The summed E-state index contributed by atoms with van der Waals surface area (Å²) >= 11 is 0. The van der Waals surface area contributed by atoms with Crippen molar-refractivity contribution in [3.63, 3.8) is 0 Å². The third-order valence-corrected chi connectivity index (χ3v) is 12.6. The predicted octanol–water partition coefficient (Wildman–Crippen LogP) is 17.1. The van der Waals surface area contributed by atoms with Crippen LogP contribution in [0.15, 0.2) is 158 Å². The van der Waals surface area contributed by atoms with Gasteiger partial charge in [0.15, 0.2) is 5.69 Å². The summed E-state index contributed by atoms with van der Waals surface area (Å²) in [6.45, 7) is 15.1. The zero-order valence-electron chi connectivity index (χ0n) is 36.3. The van der Waals surface area contributed by atoms with Gasteiger partial charge in [-0.05, 0) is 143 Å². The van der Waals surface area contributed by atoms with Gasteiger partial charge in [0.1, 0.15) is 23.3 Å². The van der Waals surface area contributed by atoms with Crippen LogP contribution in [-0.2, 0) is 0 Å². The number of nitriles is 1. The van der Waals surface area contributed by atoms with Gasteiger partial charge < -0.3 is 9.80 Å². The second kappa shape index (κ2) is 16.3. The highest BCUT2D eigenvalue weighted by molar-refractivity contribution is 6.28. The van der Waals surface area contributed by atoms with Crippen LogP contribution >= 0.6 is 0 Å². The maximum absolute atomic E-state index is 16.9. The summed E-state index contributed by atoms with van der Waals surface area (Å²) in [7, 11) is 0. The van der Waals surface area contributed by atoms with E-state index in [2.05, 4.69) is 10.9 Å². The SMILES string of the molecule is [C-]#[N+]c1ccc(N(c2cc(F)c(-c3c(C)cccc3C)cc2F)c2ccc3ccc4c(N(c5ccc(C#N)cc5)c5cc(F)c(-c6c(C)cccc6C)cc5F)ccc5ccc2c3c54)cc1. The van der Waals surface area contributed by atoms with Gasteiger partial charge in [-0.25, -0.2) is 22.4 Å². The quantitative estimate of drug-likeness (QED) is 0.0867. The maximum atomic E-state index is 16.9. The minimum absolute atomic E-state index is 0.0254. The molecule has 0 aromatic heterocycles. The Bertz CT molecular complexity index is 3380. The molecule has 0 bridgehead atoms. The Balaban J connectivity index is 1.21. The van der Waals surface area contributed by atoms with Crippen molar-refractivity contribution in [3.8, 4) is 28.3 Å². The summed E-state index contributed by atoms with van der Waals surface area (Å²) < 4.78 is 67.0. The fraction of sp³-hybridized carbons (Fsp3) is 0.0690. The number of aryl methyl sites for hydroxylation is 4. The van der Waals surface area contributed by atoms with Crippen LogP contribution in [0, 0.1) is 68.9 Å². The van der Waals surface area contributed by atoms with E-state index in [9.17, 15) is 5.26 Å². The lowest BCUT2D eigenvalue weighted by Crippen LogP contribution is -2.14. The Kier molecular flexibility index (Phi) is 10.2. The third-order valence-electron chi connectivity index (χ3n) is 12.6. The molecule has 0 amide bonds. The molecule has 66 heavy (non-hydrogen) atoms. The van der Waals surface area contributed by atoms with E-state index in [0.717, 1.165) is 49.2 Å². The number of hydrogen-bond donors (Lipinski definition) is 0. The molecular weight excluding hydrogens is 829 g/mol. The van der Waals surface area contributed by atoms with Crippen molar-refractivity contribution in [2.45, 2.75) is 27.7 Å². The zero-order chi connectivity index (χ0) is 46.0. The molecule has 0 heterocycles. The van der Waals surface area contributed by atoms with Crippen LogP contribution < -0.4 is 9.80 Å². The Labute approximate surface area is 379 Å². The van der Waals surface area contributed by atoms with Gasteiger partial charge in [0.05, 0.1) is 41.0 Å². The van der Waals surface area contributed by atoms with Crippen LogP contribution in [0.25, 0.3) is 59.4 Å². The lowest BCUT2D eigenvalue weighted by Gasteiger charge is -2.30. The van der Waals surface area contributed by atoms with E-state index in [1.807, 2.05) is 113 Å². The van der Waals surface area contributed by atoms with Crippen LogP contribution in [0.4, 0.5) is 57.4 Å². The Morgan fingerprint density at radius 1 is 0.455 bits per heavy atom. The molecule has 8 heteroatoms. The third kappa shape index (κ3) is 6.83. The summed E-state index contributed by atoms with van der Waals surface area (Å²) in [5, 5.41) is 14.5. The van der Waals surface area contributed by atoms with E-state index in [-0.39, 0.29) is 22.5 Å². The summed E-state index contributed by atoms with van der Waals surface area (Å²) in [5.74, 6) is -2.49. The molecule has 0 saturated carbocycles. The van der Waals surface area contributed by atoms with Gasteiger partial charge in [-0.2, -0.15) is 5.26 Å². The molecule has 0 radical (unpaired) electrons. The minimum Gasteiger partial charge on any atom is -0.307 e. The maximum Gasteiger partial charge on any atom is 0.187 e. The smallest absolute Gasteiger partial charge is 0.187 e. The van der Waals surface area contributed by atoms with E-state index in [4.69, 9.17) is 6.57 Å². The van der Waals surface area contributed by atoms with Gasteiger partial charge in [0.25, 0.3) is 0 Å². The van der Waals surface area contributed by atoms with Gasteiger partial charge in [-0.1, -0.05) is 84.9 Å². The number of hydrogen-bond acceptors (Lipinski definition) is 3. The zero-order valence-corrected chi connectivity index (χ0v) is 36.3. The molecule has 0 fully saturated rings. The molecule has 10 aromatic carbocycles. The number of benzene rings is 10. The first-order chi connectivity index (χ1) is 31.9. The van der Waals surface area contributed by atoms with E-state index >= 15 is 17.6 Å². The second-order valence-electron chi connectivity index (χ2n) is 16.7. The normalized spacial score (nSPS) is 11.3. The van der Waals surface area contributed by atoms with E-state index in [1.165, 1.54) is 24.3 Å². The molecule has 318 valence electrons. The standard InChI is InChI=1S/C58H38F4N4/c1-33-8-6-9-34(2)55(33)45-28-49(61)53(30-47(45)59)65(41-20-12-37(32-63)13-21-41)51-26-16-38-15-25-44-52(27-17-39-14-24-43(51)57(38)58(39)44)66(42-22-18-40(64-5)19-23-42)54-31-48(60)46(29-50(54)62)56-35(3)10-7-11-36(56)4/h6-31H,1-4H3. The monoisotopic (exact) mass is 866 g/mol. The molecule has 4 nitrogen and oxygen atoms in total. The average molecular weight is 867 g/mol. The first-order valence-electron chi connectivity index (χ1n) is 21.4. The molecule has 0 aliphatic rings. The van der Waals surface area contributed by atoms with E-state index in [0.29, 0.717) is 50.5 Å². The average Bonchev–Trinajstić information content (AvgIpc) is 3.32. The molecule has 10 rings (SSSR count). The van der Waals surface area contributed by atoms with Crippen molar-refractivity contribution in [2.75, 3.05) is 9.80 Å². The molecular formula is C58H38F4N4. The lowest BCUT2D eigenvalue weighted by molar-refractivity contribution is 0.604. The molecule has 0 unspecified atom stereocenters. The summed E-state index contributed by atoms with van der Waals surface area (Å²) in [6.07, 6.45) is 0. The molecule has 0 saturated heterocycles. The van der Waals surface area contributed by atoms with E-state index < -0.39 is 23.3 Å². The van der Waals surface area contributed by atoms with Gasteiger partial charge >= 0.3 is 0 Å². The van der Waals surface area contributed by atoms with Gasteiger partial charge in [-0.15, -0.1) is 0 Å². The molecule has 0 spiro atoms. The van der Waals surface area contributed by atoms with Gasteiger partial charge in [-0.3, -0.25) is 0 Å². The molecule has 0 atom stereocenters. The number of nitrogens with zero attached hydrogens (tertiary/aromatic N) is 4. The van der Waals surface area contributed by atoms with Crippen LogP contribution in [0.3, 0.4) is 0 Å². The van der Waals surface area contributed by atoms with Crippen molar-refractivity contribution < 1.29 is 17.6 Å². The Hall–Kier alpha value is -8.46. The predicted molar refractivity (Wildman–Crippen MR) is 260 cm³/mol. The van der Waals surface area contributed by atoms with Crippen LogP contribution in [0.5, 0.6) is 0 Å². The Morgan fingerprint density at radius 2 is 0.848 bits per heavy atom. The lowest BCUT2D eigenvalue weighted by atomic mass is 9.91. The highest BCUT2D eigenvalue weighted by Gasteiger charge is 2.27. The van der Waals surface area contributed by atoms with Crippen molar-refractivity contribution in [1.82, 2.24) is 0 Å². The van der Waals surface area contributed by atoms with E-state index in [1.54, 1.807) is 58.3 Å². The summed E-state index contributed by atoms with van der Waals surface area (Å²) in [4.78, 5) is 6.90. The number of halogens is 4. The fourth-order valence-electron chi connectivity index (χ4n) is 9.61. The van der Waals surface area contributed by atoms with Crippen molar-refractivity contribution in [3.05, 3.63) is 220 Å². The van der Waals surface area contributed by atoms with Crippen molar-refractivity contribution in [1.29, 1.82) is 5.26 Å². The molecule has 10 aromatic rings. The number of anilines is 6. The number of rotatable bonds is 8.